The molecule has 0 saturated carbocycles. The van der Waals surface area contributed by atoms with Crippen molar-refractivity contribution >= 4 is 0 Å². The molecule has 2 unspecified atom stereocenters. The van der Waals surface area contributed by atoms with Gasteiger partial charge in [0.15, 0.2) is 6.29 Å². The van der Waals surface area contributed by atoms with Crippen molar-refractivity contribution in [3.8, 4) is 0 Å². The van der Waals surface area contributed by atoms with E-state index in [4.69, 9.17) is 9.47 Å². The molecule has 13 heavy (non-hydrogen) atoms. The highest BCUT2D eigenvalue weighted by atomic mass is 16.7. The van der Waals surface area contributed by atoms with Crippen molar-refractivity contribution < 1.29 is 19.7 Å². The number of aliphatic hydroxyl groups excluding tert-OH is 2. The average Bonchev–Trinajstić information content (AvgIpc) is 2.04. The maximum absolute atomic E-state index is 9.56. The predicted molar refractivity (Wildman–Crippen MR) is 47.2 cm³/mol. The van der Waals surface area contributed by atoms with Crippen LogP contribution >= 0.6 is 0 Å². The van der Waals surface area contributed by atoms with Crippen molar-refractivity contribution in [1.29, 1.82) is 0 Å². The Balaban J connectivity index is 2.69. The molecule has 1 aliphatic rings. The number of rotatable bonds is 2. The minimum atomic E-state index is -0.674. The second-order valence-electron chi connectivity index (χ2n) is 3.77. The molecule has 0 amide bonds. The zero-order chi connectivity index (χ0) is 10.1. The van der Waals surface area contributed by atoms with Crippen molar-refractivity contribution in [2.45, 2.75) is 39.3 Å². The molecule has 0 bridgehead atoms. The summed E-state index contributed by atoms with van der Waals surface area (Å²) in [5.74, 6) is 0. The largest absolute Gasteiger partial charge is 0.393 e. The first-order chi connectivity index (χ1) is 5.99. The number of aliphatic hydroxyl groups is 2. The van der Waals surface area contributed by atoms with Crippen molar-refractivity contribution in [3.05, 3.63) is 0 Å². The molecular formula is C9H18O4. The van der Waals surface area contributed by atoms with E-state index in [0.29, 0.717) is 13.2 Å². The highest BCUT2D eigenvalue weighted by molar-refractivity contribution is 4.90. The lowest BCUT2D eigenvalue weighted by Crippen LogP contribution is -2.54. The Hall–Kier alpha value is -0.160. The minimum Gasteiger partial charge on any atom is -0.393 e. The monoisotopic (exact) mass is 190 g/mol. The van der Waals surface area contributed by atoms with Crippen LogP contribution in [0.2, 0.25) is 0 Å². The van der Waals surface area contributed by atoms with Crippen molar-refractivity contribution in [2.75, 3.05) is 13.2 Å². The molecule has 2 atom stereocenters. The summed E-state index contributed by atoms with van der Waals surface area (Å²) >= 11 is 0. The normalized spacial score (nSPS) is 39.9. The second kappa shape index (κ2) is 3.92. The van der Waals surface area contributed by atoms with Crippen molar-refractivity contribution in [1.82, 2.24) is 0 Å². The van der Waals surface area contributed by atoms with Gasteiger partial charge in [-0.2, -0.15) is 0 Å². The van der Waals surface area contributed by atoms with Gasteiger partial charge in [-0.15, -0.1) is 0 Å². The molecule has 1 fully saturated rings. The summed E-state index contributed by atoms with van der Waals surface area (Å²) in [6.07, 6.45) is -1.52. The van der Waals surface area contributed by atoms with E-state index in [1.54, 1.807) is 20.8 Å². The van der Waals surface area contributed by atoms with Crippen LogP contribution < -0.4 is 0 Å². The quantitative estimate of drug-likeness (QED) is 0.649. The number of hydrogen-bond donors (Lipinski definition) is 2. The number of ether oxygens (including phenoxy) is 2. The summed E-state index contributed by atoms with van der Waals surface area (Å²) in [5.41, 5.74) is -0.674. The molecule has 1 heterocycles. The van der Waals surface area contributed by atoms with E-state index in [2.05, 4.69) is 0 Å². The van der Waals surface area contributed by atoms with E-state index >= 15 is 0 Å². The molecule has 78 valence electrons. The van der Waals surface area contributed by atoms with Gasteiger partial charge in [0.05, 0.1) is 30.8 Å². The molecule has 1 saturated heterocycles. The van der Waals surface area contributed by atoms with Gasteiger partial charge in [-0.25, -0.2) is 0 Å². The molecule has 0 aromatic rings. The summed E-state index contributed by atoms with van der Waals surface area (Å²) in [7, 11) is 0. The Kier molecular flexibility index (Phi) is 3.29. The minimum absolute atomic E-state index is 0.245. The first kappa shape index (κ1) is 10.9. The molecule has 1 rings (SSSR count). The van der Waals surface area contributed by atoms with Gasteiger partial charge in [-0.3, -0.25) is 0 Å². The first-order valence-electron chi connectivity index (χ1n) is 4.58. The number of hydrogen-bond acceptors (Lipinski definition) is 4. The smallest absolute Gasteiger partial charge is 0.154 e. The molecule has 2 N–H and O–H groups in total. The van der Waals surface area contributed by atoms with Crippen LogP contribution in [0, 0.1) is 5.41 Å². The highest BCUT2D eigenvalue weighted by Crippen LogP contribution is 2.32. The van der Waals surface area contributed by atoms with E-state index in [1.165, 1.54) is 0 Å². The van der Waals surface area contributed by atoms with E-state index in [0.717, 1.165) is 0 Å². The van der Waals surface area contributed by atoms with Gasteiger partial charge in [0.2, 0.25) is 0 Å². The van der Waals surface area contributed by atoms with Crippen LogP contribution in [0.15, 0.2) is 0 Å². The molecule has 4 heteroatoms. The zero-order valence-corrected chi connectivity index (χ0v) is 8.36. The molecule has 0 radical (unpaired) electrons. The first-order valence-corrected chi connectivity index (χ1v) is 4.58. The fourth-order valence-corrected chi connectivity index (χ4v) is 1.47. The van der Waals surface area contributed by atoms with Gasteiger partial charge >= 0.3 is 0 Å². The maximum atomic E-state index is 9.56. The summed E-state index contributed by atoms with van der Waals surface area (Å²) in [6, 6.07) is 0. The molecule has 4 nitrogen and oxygen atoms in total. The molecule has 1 aliphatic heterocycles. The van der Waals surface area contributed by atoms with E-state index in [9.17, 15) is 10.2 Å². The lowest BCUT2D eigenvalue weighted by atomic mass is 9.79. The topological polar surface area (TPSA) is 58.9 Å². The van der Waals surface area contributed by atoms with Gasteiger partial charge in [0.25, 0.3) is 0 Å². The van der Waals surface area contributed by atoms with Crippen LogP contribution in [0.4, 0.5) is 0 Å². The van der Waals surface area contributed by atoms with Crippen LogP contribution in [-0.2, 0) is 9.47 Å². The van der Waals surface area contributed by atoms with E-state index in [-0.39, 0.29) is 6.29 Å². The Morgan fingerprint density at radius 2 is 1.54 bits per heavy atom. The zero-order valence-electron chi connectivity index (χ0n) is 8.36. The Labute approximate surface area is 78.5 Å². The second-order valence-corrected chi connectivity index (χ2v) is 3.77. The average molecular weight is 190 g/mol. The standard InChI is InChI=1S/C9H18O4/c1-6(10)9(7(2)11)4-12-8(3)13-5-9/h6-8,10-11H,4-5H2,1-3H3. The van der Waals surface area contributed by atoms with Crippen molar-refractivity contribution in [2.24, 2.45) is 5.41 Å². The van der Waals surface area contributed by atoms with E-state index < -0.39 is 17.6 Å². The van der Waals surface area contributed by atoms with Crippen LogP contribution in [0.1, 0.15) is 20.8 Å². The summed E-state index contributed by atoms with van der Waals surface area (Å²) < 4.78 is 10.5. The molecule has 0 spiro atoms. The van der Waals surface area contributed by atoms with Gasteiger partial charge in [-0.05, 0) is 20.8 Å². The Bertz CT molecular complexity index is 149. The Morgan fingerprint density at radius 3 is 1.85 bits per heavy atom. The fraction of sp³-hybridized carbons (Fsp3) is 1.00. The summed E-state index contributed by atoms with van der Waals surface area (Å²) in [4.78, 5) is 0. The van der Waals surface area contributed by atoms with Crippen LogP contribution in [0.25, 0.3) is 0 Å². The molecule has 0 aromatic carbocycles. The molecule has 0 aromatic heterocycles. The van der Waals surface area contributed by atoms with Gasteiger partial charge in [0, 0.05) is 0 Å². The van der Waals surface area contributed by atoms with Gasteiger partial charge < -0.3 is 19.7 Å². The van der Waals surface area contributed by atoms with Gasteiger partial charge in [0.1, 0.15) is 0 Å². The summed E-state index contributed by atoms with van der Waals surface area (Å²) in [5, 5.41) is 19.1. The molecule has 0 aliphatic carbocycles. The van der Waals surface area contributed by atoms with Crippen LogP contribution in [0.3, 0.4) is 0 Å². The third-order valence-corrected chi connectivity index (χ3v) is 2.84. The maximum Gasteiger partial charge on any atom is 0.154 e. The highest BCUT2D eigenvalue weighted by Gasteiger charge is 2.44. The van der Waals surface area contributed by atoms with Gasteiger partial charge in [-0.1, -0.05) is 0 Å². The van der Waals surface area contributed by atoms with Crippen LogP contribution in [0.5, 0.6) is 0 Å². The molecular weight excluding hydrogens is 172 g/mol. The van der Waals surface area contributed by atoms with E-state index in [1.807, 2.05) is 0 Å². The van der Waals surface area contributed by atoms with Crippen LogP contribution in [-0.4, -0.2) is 41.9 Å². The predicted octanol–water partition coefficient (Wildman–Crippen LogP) is 0.127. The summed E-state index contributed by atoms with van der Waals surface area (Å²) in [6.45, 7) is 5.77. The lowest BCUT2D eigenvalue weighted by molar-refractivity contribution is -0.260. The van der Waals surface area contributed by atoms with Crippen molar-refractivity contribution in [3.63, 3.8) is 0 Å². The third-order valence-electron chi connectivity index (χ3n) is 2.84. The lowest BCUT2D eigenvalue weighted by Gasteiger charge is -2.43. The Morgan fingerprint density at radius 1 is 1.15 bits per heavy atom. The third kappa shape index (κ3) is 2.02. The SMILES string of the molecule is CC1OCC(C(C)O)(C(C)O)CO1. The fourth-order valence-electron chi connectivity index (χ4n) is 1.47.